The van der Waals surface area contributed by atoms with Crippen LogP contribution in [0.2, 0.25) is 0 Å². The van der Waals surface area contributed by atoms with Crippen LogP contribution in [0.15, 0.2) is 36.1 Å². The minimum Gasteiger partial charge on any atom is -0.465 e. The fourth-order valence-electron chi connectivity index (χ4n) is 1.83. The third-order valence-electron chi connectivity index (χ3n) is 2.77. The molecule has 0 saturated heterocycles. The van der Waals surface area contributed by atoms with Crippen LogP contribution in [0.1, 0.15) is 36.0 Å². The molecule has 0 atom stereocenters. The highest BCUT2D eigenvalue weighted by molar-refractivity contribution is 5.89. The van der Waals surface area contributed by atoms with Crippen molar-refractivity contribution in [2.24, 2.45) is 0 Å². The van der Waals surface area contributed by atoms with E-state index in [0.29, 0.717) is 5.56 Å². The summed E-state index contributed by atoms with van der Waals surface area (Å²) in [4.78, 5) is 11.2. The number of rotatable bonds is 3. The number of esters is 1. The predicted molar refractivity (Wildman–Crippen MR) is 65.0 cm³/mol. The van der Waals surface area contributed by atoms with Crippen molar-refractivity contribution >= 4 is 5.97 Å². The van der Waals surface area contributed by atoms with Gasteiger partial charge in [0.1, 0.15) is 11.5 Å². The fourth-order valence-corrected chi connectivity index (χ4v) is 1.83. The molecular weight excluding hydrogens is 216 g/mol. The van der Waals surface area contributed by atoms with Gasteiger partial charge in [-0.25, -0.2) is 4.79 Å². The second kappa shape index (κ2) is 5.53. The van der Waals surface area contributed by atoms with Crippen LogP contribution in [0, 0.1) is 0 Å². The van der Waals surface area contributed by atoms with E-state index in [0.717, 1.165) is 24.4 Å². The molecule has 0 heterocycles. The summed E-state index contributed by atoms with van der Waals surface area (Å²) in [7, 11) is 1.37. The molecule has 1 aliphatic rings. The zero-order chi connectivity index (χ0) is 12.1. The van der Waals surface area contributed by atoms with E-state index < -0.39 is 0 Å². The van der Waals surface area contributed by atoms with Gasteiger partial charge >= 0.3 is 5.97 Å². The molecule has 0 aliphatic heterocycles. The van der Waals surface area contributed by atoms with Crippen molar-refractivity contribution in [2.75, 3.05) is 7.11 Å². The van der Waals surface area contributed by atoms with E-state index in [9.17, 15) is 4.79 Å². The van der Waals surface area contributed by atoms with E-state index in [1.165, 1.54) is 20.0 Å². The van der Waals surface area contributed by atoms with Gasteiger partial charge in [-0.1, -0.05) is 0 Å². The van der Waals surface area contributed by atoms with Crippen molar-refractivity contribution < 1.29 is 14.3 Å². The van der Waals surface area contributed by atoms with Gasteiger partial charge < -0.3 is 9.47 Å². The number of methoxy groups -OCH3 is 1. The van der Waals surface area contributed by atoms with Crippen LogP contribution in [-0.4, -0.2) is 13.1 Å². The molecule has 1 aromatic rings. The van der Waals surface area contributed by atoms with Crippen LogP contribution in [0.4, 0.5) is 0 Å². The lowest BCUT2D eigenvalue weighted by atomic mass is 10.1. The Morgan fingerprint density at radius 3 is 2.53 bits per heavy atom. The zero-order valence-corrected chi connectivity index (χ0v) is 9.94. The molecule has 90 valence electrons. The smallest absolute Gasteiger partial charge is 0.337 e. The Balaban J connectivity index is 2.02. The summed E-state index contributed by atoms with van der Waals surface area (Å²) >= 11 is 0. The summed E-state index contributed by atoms with van der Waals surface area (Å²) in [6, 6.07) is 7.01. The van der Waals surface area contributed by atoms with E-state index in [-0.39, 0.29) is 5.97 Å². The fraction of sp³-hybridized carbons (Fsp3) is 0.357. The van der Waals surface area contributed by atoms with Crippen molar-refractivity contribution in [1.29, 1.82) is 0 Å². The molecule has 1 aromatic carbocycles. The van der Waals surface area contributed by atoms with Gasteiger partial charge in [0.25, 0.3) is 0 Å². The third kappa shape index (κ3) is 3.09. The topological polar surface area (TPSA) is 35.5 Å². The summed E-state index contributed by atoms with van der Waals surface area (Å²) < 4.78 is 10.4. The standard InChI is InChI=1S/C14H16O3/c1-16-14(15)11-7-9-13(10-8-11)17-12-5-3-2-4-6-12/h5,7-10H,2-4,6H2,1H3. The molecule has 1 aliphatic carbocycles. The summed E-state index contributed by atoms with van der Waals surface area (Å²) in [6.07, 6.45) is 6.66. The first kappa shape index (κ1) is 11.7. The average molecular weight is 232 g/mol. The number of carbonyl (C=O) groups is 1. The molecule has 0 unspecified atom stereocenters. The van der Waals surface area contributed by atoms with Crippen molar-refractivity contribution in [3.8, 4) is 5.75 Å². The van der Waals surface area contributed by atoms with Crippen LogP contribution in [0.3, 0.4) is 0 Å². The number of allylic oxidation sites excluding steroid dienone is 2. The highest BCUT2D eigenvalue weighted by Crippen LogP contribution is 2.22. The summed E-state index contributed by atoms with van der Waals surface area (Å²) in [5.41, 5.74) is 0.539. The summed E-state index contributed by atoms with van der Waals surface area (Å²) in [5.74, 6) is 1.47. The minimum atomic E-state index is -0.326. The lowest BCUT2D eigenvalue weighted by molar-refractivity contribution is 0.0600. The van der Waals surface area contributed by atoms with Crippen LogP contribution in [0.25, 0.3) is 0 Å². The first-order valence-electron chi connectivity index (χ1n) is 5.85. The predicted octanol–water partition coefficient (Wildman–Crippen LogP) is 3.31. The normalized spacial score (nSPS) is 15.0. The zero-order valence-electron chi connectivity index (χ0n) is 9.94. The SMILES string of the molecule is COC(=O)c1ccc(OC2=CCCCC2)cc1. The van der Waals surface area contributed by atoms with Gasteiger partial charge in [0.2, 0.25) is 0 Å². The molecule has 0 amide bonds. The molecule has 3 heteroatoms. The van der Waals surface area contributed by atoms with Crippen molar-refractivity contribution in [2.45, 2.75) is 25.7 Å². The molecule has 17 heavy (non-hydrogen) atoms. The number of hydrogen-bond donors (Lipinski definition) is 0. The maximum absolute atomic E-state index is 11.2. The highest BCUT2D eigenvalue weighted by atomic mass is 16.5. The Hall–Kier alpha value is -1.77. The van der Waals surface area contributed by atoms with Gasteiger partial charge in [0.15, 0.2) is 0 Å². The van der Waals surface area contributed by atoms with Crippen molar-refractivity contribution in [3.05, 3.63) is 41.7 Å². The molecule has 0 fully saturated rings. The number of benzene rings is 1. The second-order valence-electron chi connectivity index (χ2n) is 4.03. The molecule has 0 radical (unpaired) electrons. The second-order valence-corrected chi connectivity index (χ2v) is 4.03. The summed E-state index contributed by atoms with van der Waals surface area (Å²) in [5, 5.41) is 0. The minimum absolute atomic E-state index is 0.326. The number of ether oxygens (including phenoxy) is 2. The third-order valence-corrected chi connectivity index (χ3v) is 2.77. The quantitative estimate of drug-likeness (QED) is 0.750. The molecule has 0 N–H and O–H groups in total. The van der Waals surface area contributed by atoms with E-state index in [1.54, 1.807) is 24.3 Å². The Morgan fingerprint density at radius 1 is 1.18 bits per heavy atom. The highest BCUT2D eigenvalue weighted by Gasteiger charge is 2.07. The first-order chi connectivity index (χ1) is 8.29. The van der Waals surface area contributed by atoms with Crippen molar-refractivity contribution in [3.63, 3.8) is 0 Å². The molecule has 0 spiro atoms. The Morgan fingerprint density at radius 2 is 1.94 bits per heavy atom. The summed E-state index contributed by atoms with van der Waals surface area (Å²) in [6.45, 7) is 0. The van der Waals surface area contributed by atoms with E-state index in [4.69, 9.17) is 4.74 Å². The Kier molecular flexibility index (Phi) is 3.81. The Bertz CT molecular complexity index is 418. The maximum atomic E-state index is 11.2. The molecule has 2 rings (SSSR count). The van der Waals surface area contributed by atoms with Gasteiger partial charge in [0, 0.05) is 6.42 Å². The first-order valence-corrected chi connectivity index (χ1v) is 5.85. The number of carbonyl (C=O) groups excluding carboxylic acids is 1. The average Bonchev–Trinajstić information content (AvgIpc) is 2.40. The van der Waals surface area contributed by atoms with Gasteiger partial charge in [0.05, 0.1) is 12.7 Å². The molecule has 3 nitrogen and oxygen atoms in total. The largest absolute Gasteiger partial charge is 0.465 e. The molecule has 0 aromatic heterocycles. The maximum Gasteiger partial charge on any atom is 0.337 e. The molecule has 0 bridgehead atoms. The van der Waals surface area contributed by atoms with E-state index in [1.807, 2.05) is 0 Å². The van der Waals surface area contributed by atoms with E-state index in [2.05, 4.69) is 10.8 Å². The monoisotopic (exact) mass is 232 g/mol. The van der Waals surface area contributed by atoms with Crippen LogP contribution in [-0.2, 0) is 4.74 Å². The van der Waals surface area contributed by atoms with E-state index >= 15 is 0 Å². The van der Waals surface area contributed by atoms with Crippen LogP contribution < -0.4 is 4.74 Å². The van der Waals surface area contributed by atoms with Gasteiger partial charge in [-0.2, -0.15) is 0 Å². The van der Waals surface area contributed by atoms with Gasteiger partial charge in [-0.05, 0) is 49.6 Å². The van der Waals surface area contributed by atoms with Gasteiger partial charge in [-0.15, -0.1) is 0 Å². The van der Waals surface area contributed by atoms with Crippen molar-refractivity contribution in [1.82, 2.24) is 0 Å². The lowest BCUT2D eigenvalue weighted by Crippen LogP contribution is -2.02. The Labute approximate surface area is 101 Å². The van der Waals surface area contributed by atoms with Gasteiger partial charge in [-0.3, -0.25) is 0 Å². The number of hydrogen-bond acceptors (Lipinski definition) is 3. The van der Waals surface area contributed by atoms with Crippen LogP contribution in [0.5, 0.6) is 5.75 Å². The molecule has 0 saturated carbocycles. The van der Waals surface area contributed by atoms with Crippen LogP contribution >= 0.6 is 0 Å². The lowest BCUT2D eigenvalue weighted by Gasteiger charge is -2.13. The molecular formula is C14H16O3.